The van der Waals surface area contributed by atoms with Gasteiger partial charge in [0.25, 0.3) is 0 Å². The summed E-state index contributed by atoms with van der Waals surface area (Å²) >= 11 is 0. The molecule has 0 bridgehead atoms. The monoisotopic (exact) mass is 242 g/mol. The van der Waals surface area contributed by atoms with Crippen molar-refractivity contribution in [3.05, 3.63) is 0 Å². The Morgan fingerprint density at radius 3 is 2.65 bits per heavy atom. The normalized spacial score (nSPS) is 20.9. The van der Waals surface area contributed by atoms with Gasteiger partial charge in [0.05, 0.1) is 11.5 Å². The third-order valence-corrected chi connectivity index (χ3v) is 3.54. The van der Waals surface area contributed by atoms with Crippen LogP contribution in [-0.4, -0.2) is 35.6 Å². The van der Waals surface area contributed by atoms with E-state index < -0.39 is 5.60 Å². The van der Waals surface area contributed by atoms with Crippen molar-refractivity contribution in [1.82, 2.24) is 10.6 Å². The van der Waals surface area contributed by atoms with Crippen molar-refractivity contribution in [3.63, 3.8) is 0 Å². The fourth-order valence-corrected chi connectivity index (χ4v) is 1.85. The van der Waals surface area contributed by atoms with Crippen LogP contribution in [0.4, 0.5) is 0 Å². The second-order valence-corrected chi connectivity index (χ2v) is 4.69. The topological polar surface area (TPSA) is 78.4 Å². The van der Waals surface area contributed by atoms with Crippen LogP contribution < -0.4 is 10.6 Å². The van der Waals surface area contributed by atoms with Crippen LogP contribution in [0.5, 0.6) is 0 Å². The Morgan fingerprint density at radius 2 is 2.18 bits per heavy atom. The van der Waals surface area contributed by atoms with Crippen LogP contribution in [0, 0.1) is 5.92 Å². The lowest BCUT2D eigenvalue weighted by Gasteiger charge is -2.27. The molecule has 17 heavy (non-hydrogen) atoms. The summed E-state index contributed by atoms with van der Waals surface area (Å²) in [5.41, 5.74) is -0.812. The predicted octanol–water partition coefficient (Wildman–Crippen LogP) is 0.180. The van der Waals surface area contributed by atoms with Crippen LogP contribution in [0.3, 0.4) is 0 Å². The third-order valence-electron chi connectivity index (χ3n) is 3.54. The Labute approximate surface area is 102 Å². The molecule has 5 heteroatoms. The van der Waals surface area contributed by atoms with Crippen molar-refractivity contribution in [3.8, 4) is 0 Å². The molecule has 0 aromatic heterocycles. The van der Waals surface area contributed by atoms with E-state index in [-0.39, 0.29) is 24.3 Å². The van der Waals surface area contributed by atoms with Gasteiger partial charge in [0, 0.05) is 19.5 Å². The number of rotatable bonds is 5. The number of hydrogen-bond donors (Lipinski definition) is 3. The average molecular weight is 242 g/mol. The molecule has 98 valence electrons. The minimum absolute atomic E-state index is 0.00710. The summed E-state index contributed by atoms with van der Waals surface area (Å²) in [5.74, 6) is -0.233. The van der Waals surface area contributed by atoms with Crippen molar-refractivity contribution < 1.29 is 14.7 Å². The zero-order valence-electron chi connectivity index (χ0n) is 10.6. The molecule has 0 aromatic rings. The number of piperidine rings is 1. The number of carbonyl (C=O) groups excluding carboxylic acids is 2. The summed E-state index contributed by atoms with van der Waals surface area (Å²) in [6, 6.07) is 0. The van der Waals surface area contributed by atoms with E-state index in [9.17, 15) is 14.7 Å². The molecule has 3 N–H and O–H groups in total. The first-order valence-corrected chi connectivity index (χ1v) is 6.27. The highest BCUT2D eigenvalue weighted by Crippen LogP contribution is 2.15. The maximum absolute atomic E-state index is 11.8. The molecule has 0 spiro atoms. The van der Waals surface area contributed by atoms with Crippen LogP contribution >= 0.6 is 0 Å². The van der Waals surface area contributed by atoms with Crippen molar-refractivity contribution in [2.24, 2.45) is 5.92 Å². The molecular formula is C12H22N2O3. The van der Waals surface area contributed by atoms with Gasteiger partial charge in [-0.25, -0.2) is 0 Å². The van der Waals surface area contributed by atoms with Crippen LogP contribution in [0.2, 0.25) is 0 Å². The Morgan fingerprint density at radius 1 is 1.53 bits per heavy atom. The van der Waals surface area contributed by atoms with Crippen molar-refractivity contribution in [2.75, 3.05) is 13.1 Å². The first-order chi connectivity index (χ1) is 8.00. The third kappa shape index (κ3) is 4.00. The molecular weight excluding hydrogens is 220 g/mol. The molecule has 1 saturated heterocycles. The van der Waals surface area contributed by atoms with Gasteiger partial charge in [-0.3, -0.25) is 9.59 Å². The summed E-state index contributed by atoms with van der Waals surface area (Å²) in [4.78, 5) is 22.8. The molecule has 1 atom stereocenters. The fraction of sp³-hybridized carbons (Fsp3) is 0.833. The molecule has 2 amide bonds. The lowest BCUT2D eigenvalue weighted by atomic mass is 9.95. The van der Waals surface area contributed by atoms with Crippen molar-refractivity contribution >= 4 is 11.8 Å². The van der Waals surface area contributed by atoms with Crippen LogP contribution in [0.1, 0.15) is 39.5 Å². The van der Waals surface area contributed by atoms with E-state index in [1.807, 2.05) is 13.8 Å². The smallest absolute Gasteiger partial charge is 0.225 e. The average Bonchev–Trinajstić information content (AvgIpc) is 2.36. The second-order valence-electron chi connectivity index (χ2n) is 4.69. The quantitative estimate of drug-likeness (QED) is 0.643. The number of carbonyl (C=O) groups is 2. The zero-order chi connectivity index (χ0) is 12.9. The number of amides is 2. The lowest BCUT2D eigenvalue weighted by molar-refractivity contribution is -0.129. The first-order valence-electron chi connectivity index (χ1n) is 6.27. The van der Waals surface area contributed by atoms with Crippen molar-refractivity contribution in [2.45, 2.75) is 45.1 Å². The highest BCUT2D eigenvalue weighted by atomic mass is 16.3. The predicted molar refractivity (Wildman–Crippen MR) is 64.3 cm³/mol. The van der Waals surface area contributed by atoms with Gasteiger partial charge in [0.1, 0.15) is 0 Å². The second kappa shape index (κ2) is 6.00. The van der Waals surface area contributed by atoms with Crippen LogP contribution in [0.15, 0.2) is 0 Å². The Balaban J connectivity index is 2.37. The summed E-state index contributed by atoms with van der Waals surface area (Å²) in [6.07, 6.45) is 2.23. The van der Waals surface area contributed by atoms with E-state index in [1.54, 1.807) is 0 Å². The summed E-state index contributed by atoms with van der Waals surface area (Å²) < 4.78 is 0. The van der Waals surface area contributed by atoms with E-state index in [2.05, 4.69) is 10.6 Å². The number of aliphatic hydroxyl groups is 1. The molecule has 0 radical (unpaired) electrons. The molecule has 1 rings (SSSR count). The molecule has 1 unspecified atom stereocenters. The van der Waals surface area contributed by atoms with Gasteiger partial charge in [-0.05, 0) is 19.3 Å². The van der Waals surface area contributed by atoms with Gasteiger partial charge in [0.15, 0.2) is 0 Å². The van der Waals surface area contributed by atoms with E-state index in [0.29, 0.717) is 32.2 Å². The van der Waals surface area contributed by atoms with Gasteiger partial charge >= 0.3 is 0 Å². The van der Waals surface area contributed by atoms with Crippen molar-refractivity contribution in [1.29, 1.82) is 0 Å². The number of nitrogens with one attached hydrogen (secondary N) is 2. The molecule has 0 aromatic carbocycles. The maximum Gasteiger partial charge on any atom is 0.225 e. The highest BCUT2D eigenvalue weighted by Gasteiger charge is 2.27. The maximum atomic E-state index is 11.8. The highest BCUT2D eigenvalue weighted by molar-refractivity contribution is 5.83. The molecule has 1 aliphatic rings. The van der Waals surface area contributed by atoms with Gasteiger partial charge in [-0.2, -0.15) is 0 Å². The van der Waals surface area contributed by atoms with Gasteiger partial charge in [0.2, 0.25) is 11.8 Å². The Hall–Kier alpha value is -1.10. The fourth-order valence-electron chi connectivity index (χ4n) is 1.85. The summed E-state index contributed by atoms with van der Waals surface area (Å²) in [5, 5.41) is 15.5. The lowest BCUT2D eigenvalue weighted by Crippen LogP contribution is -2.47. The minimum atomic E-state index is -0.812. The Kier molecular flexibility index (Phi) is 4.93. The van der Waals surface area contributed by atoms with Crippen LogP contribution in [0.25, 0.3) is 0 Å². The largest absolute Gasteiger partial charge is 0.388 e. The van der Waals surface area contributed by atoms with Crippen LogP contribution in [-0.2, 0) is 9.59 Å². The number of hydrogen-bond acceptors (Lipinski definition) is 3. The van der Waals surface area contributed by atoms with E-state index in [4.69, 9.17) is 0 Å². The first kappa shape index (κ1) is 14.0. The summed E-state index contributed by atoms with van der Waals surface area (Å²) in [7, 11) is 0. The summed E-state index contributed by atoms with van der Waals surface area (Å²) in [6.45, 7) is 4.48. The molecule has 1 aliphatic heterocycles. The zero-order valence-corrected chi connectivity index (χ0v) is 10.6. The molecule has 1 heterocycles. The van der Waals surface area contributed by atoms with Gasteiger partial charge in [-0.15, -0.1) is 0 Å². The minimum Gasteiger partial charge on any atom is -0.388 e. The standard InChI is InChI=1S/C12H22N2O3/c1-3-12(17,4-2)8-14-11(16)9-5-6-10(15)13-7-9/h9,17H,3-8H2,1-2H3,(H,13,15)(H,14,16). The molecule has 0 saturated carbocycles. The molecule has 1 fully saturated rings. The Bertz CT molecular complexity index is 277. The van der Waals surface area contributed by atoms with E-state index >= 15 is 0 Å². The van der Waals surface area contributed by atoms with E-state index in [0.717, 1.165) is 0 Å². The van der Waals surface area contributed by atoms with E-state index in [1.165, 1.54) is 0 Å². The SMILES string of the molecule is CCC(O)(CC)CNC(=O)C1CCC(=O)NC1. The van der Waals surface area contributed by atoms with Gasteiger partial charge < -0.3 is 15.7 Å². The van der Waals surface area contributed by atoms with Gasteiger partial charge in [-0.1, -0.05) is 13.8 Å². The molecule has 0 aliphatic carbocycles. The molecule has 5 nitrogen and oxygen atoms in total.